The number of hydrogen-bond donors (Lipinski definition) is 2. The van der Waals surface area contributed by atoms with Gasteiger partial charge in [0.15, 0.2) is 11.5 Å². The van der Waals surface area contributed by atoms with E-state index < -0.39 is 12.1 Å². The Morgan fingerprint density at radius 2 is 2.00 bits per heavy atom. The molecule has 9 nitrogen and oxygen atoms in total. The monoisotopic (exact) mass is 447 g/mol. The van der Waals surface area contributed by atoms with Crippen LogP contribution in [0.2, 0.25) is 0 Å². The van der Waals surface area contributed by atoms with Crippen LogP contribution in [-0.2, 0) is 20.7 Å². The van der Waals surface area contributed by atoms with E-state index in [1.807, 2.05) is 26.0 Å². The lowest BCUT2D eigenvalue weighted by atomic mass is 9.94. The summed E-state index contributed by atoms with van der Waals surface area (Å²) < 4.78 is 16.2. The van der Waals surface area contributed by atoms with Gasteiger partial charge < -0.3 is 24.8 Å². The Labute approximate surface area is 188 Å². The van der Waals surface area contributed by atoms with E-state index in [2.05, 4.69) is 10.6 Å². The summed E-state index contributed by atoms with van der Waals surface area (Å²) in [5, 5.41) is 5.72. The molecule has 0 aliphatic carbocycles. The molecule has 0 spiro atoms. The number of hydrogen-bond acceptors (Lipinski definition) is 6. The minimum Gasteiger partial charge on any atom is -0.493 e. The predicted octanol–water partition coefficient (Wildman–Crippen LogP) is 2.02. The highest BCUT2D eigenvalue weighted by Crippen LogP contribution is 2.28. The van der Waals surface area contributed by atoms with Crippen molar-refractivity contribution in [2.75, 3.05) is 27.4 Å². The molecular weight excluding hydrogens is 414 g/mol. The Kier molecular flexibility index (Phi) is 7.60. The molecule has 2 fully saturated rings. The zero-order valence-corrected chi connectivity index (χ0v) is 19.2. The first-order chi connectivity index (χ1) is 15.2. The molecule has 1 aromatic carbocycles. The molecule has 2 aliphatic rings. The van der Waals surface area contributed by atoms with Gasteiger partial charge in [-0.1, -0.05) is 6.07 Å². The van der Waals surface area contributed by atoms with Crippen molar-refractivity contribution >= 4 is 17.8 Å². The number of nitrogens with one attached hydrogen (secondary N) is 2. The molecule has 2 heterocycles. The van der Waals surface area contributed by atoms with Crippen molar-refractivity contribution in [1.29, 1.82) is 0 Å². The Morgan fingerprint density at radius 3 is 2.69 bits per heavy atom. The Bertz CT molecular complexity index is 856. The minimum atomic E-state index is -0.676. The van der Waals surface area contributed by atoms with Gasteiger partial charge in [0.2, 0.25) is 5.91 Å². The normalized spacial score (nSPS) is 22.4. The van der Waals surface area contributed by atoms with Gasteiger partial charge in [0.1, 0.15) is 6.04 Å². The Hall–Kier alpha value is -2.81. The average Bonchev–Trinajstić information content (AvgIpc) is 3.02. The highest BCUT2D eigenvalue weighted by atomic mass is 16.5. The van der Waals surface area contributed by atoms with Crippen molar-refractivity contribution in [3.05, 3.63) is 23.8 Å². The number of imide groups is 1. The third kappa shape index (κ3) is 5.91. The van der Waals surface area contributed by atoms with Crippen LogP contribution in [0.15, 0.2) is 18.2 Å². The molecule has 9 heteroatoms. The molecular formula is C23H33N3O6. The number of carbonyl (C=O) groups is 3. The highest BCUT2D eigenvalue weighted by Gasteiger charge is 2.38. The molecule has 4 amide bonds. The summed E-state index contributed by atoms with van der Waals surface area (Å²) in [7, 11) is 3.12. The zero-order valence-electron chi connectivity index (χ0n) is 19.2. The van der Waals surface area contributed by atoms with Gasteiger partial charge in [-0.05, 0) is 57.2 Å². The third-order valence-corrected chi connectivity index (χ3v) is 5.90. The summed E-state index contributed by atoms with van der Waals surface area (Å²) in [6, 6.07) is 4.46. The molecule has 0 unspecified atom stereocenters. The molecule has 2 aliphatic heterocycles. The Morgan fingerprint density at radius 1 is 1.25 bits per heavy atom. The topological polar surface area (TPSA) is 106 Å². The summed E-state index contributed by atoms with van der Waals surface area (Å²) in [6.07, 6.45) is 2.47. The number of nitrogens with zero attached hydrogens (tertiary/aromatic N) is 1. The van der Waals surface area contributed by atoms with Gasteiger partial charge in [0.25, 0.3) is 5.91 Å². The number of urea groups is 1. The quantitative estimate of drug-likeness (QED) is 0.561. The summed E-state index contributed by atoms with van der Waals surface area (Å²) in [5.41, 5.74) is 0.672. The second kappa shape index (κ2) is 10.2. The van der Waals surface area contributed by atoms with Gasteiger partial charge >= 0.3 is 6.03 Å². The van der Waals surface area contributed by atoms with Gasteiger partial charge in [-0.3, -0.25) is 14.5 Å². The van der Waals surface area contributed by atoms with E-state index in [0.717, 1.165) is 18.4 Å². The Balaban J connectivity index is 1.47. The van der Waals surface area contributed by atoms with Gasteiger partial charge in [-0.15, -0.1) is 0 Å². The standard InChI is InChI=1S/C23H33N3O6/c1-23(2)14-16(10-12-32-23)24-20(27)8-6-17-21(28)26(22(29)25-17)11-9-15-5-7-18(30-3)19(13-15)31-4/h5,7,13,16-17H,6,8-12,14H2,1-4H3,(H,24,27)(H,25,29)/t16-,17-/m1/s1. The van der Waals surface area contributed by atoms with Crippen LogP contribution in [0.5, 0.6) is 11.5 Å². The molecule has 1 aromatic rings. The van der Waals surface area contributed by atoms with Crippen LogP contribution in [0.3, 0.4) is 0 Å². The third-order valence-electron chi connectivity index (χ3n) is 5.90. The van der Waals surface area contributed by atoms with Crippen LogP contribution in [0.4, 0.5) is 4.79 Å². The van der Waals surface area contributed by atoms with Gasteiger partial charge in [0, 0.05) is 25.6 Å². The fourth-order valence-electron chi connectivity index (χ4n) is 4.19. The molecule has 0 saturated carbocycles. The van der Waals surface area contributed by atoms with Crippen molar-refractivity contribution in [2.45, 2.75) is 63.6 Å². The van der Waals surface area contributed by atoms with Crippen molar-refractivity contribution < 1.29 is 28.6 Å². The van der Waals surface area contributed by atoms with Gasteiger partial charge in [0.05, 0.1) is 19.8 Å². The minimum absolute atomic E-state index is 0.0677. The number of ether oxygens (including phenoxy) is 3. The first-order valence-electron chi connectivity index (χ1n) is 11.0. The van der Waals surface area contributed by atoms with Crippen molar-refractivity contribution in [3.8, 4) is 11.5 Å². The number of amides is 4. The van der Waals surface area contributed by atoms with Crippen LogP contribution in [0.1, 0.15) is 45.1 Å². The van der Waals surface area contributed by atoms with E-state index in [-0.39, 0.29) is 42.8 Å². The highest BCUT2D eigenvalue weighted by molar-refractivity contribution is 6.04. The van der Waals surface area contributed by atoms with Crippen LogP contribution in [0, 0.1) is 0 Å². The van der Waals surface area contributed by atoms with Crippen LogP contribution < -0.4 is 20.1 Å². The lowest BCUT2D eigenvalue weighted by Gasteiger charge is -2.35. The smallest absolute Gasteiger partial charge is 0.324 e. The number of rotatable bonds is 9. The van der Waals surface area contributed by atoms with E-state index in [0.29, 0.717) is 24.5 Å². The number of carbonyl (C=O) groups excluding carboxylic acids is 3. The summed E-state index contributed by atoms with van der Waals surface area (Å²) in [4.78, 5) is 38.6. The van der Waals surface area contributed by atoms with E-state index in [1.165, 1.54) is 4.90 Å². The molecule has 0 aromatic heterocycles. The number of methoxy groups -OCH3 is 2. The molecule has 176 valence electrons. The second-order valence-corrected chi connectivity index (χ2v) is 8.84. The molecule has 2 N–H and O–H groups in total. The van der Waals surface area contributed by atoms with Crippen molar-refractivity contribution in [3.63, 3.8) is 0 Å². The second-order valence-electron chi connectivity index (χ2n) is 8.84. The summed E-state index contributed by atoms with van der Waals surface area (Å²) in [6.45, 7) is 4.88. The molecule has 0 radical (unpaired) electrons. The van der Waals surface area contributed by atoms with E-state index in [9.17, 15) is 14.4 Å². The maximum absolute atomic E-state index is 12.7. The van der Waals surface area contributed by atoms with Gasteiger partial charge in [-0.2, -0.15) is 0 Å². The lowest BCUT2D eigenvalue weighted by Crippen LogP contribution is -2.46. The fourth-order valence-corrected chi connectivity index (χ4v) is 4.19. The van der Waals surface area contributed by atoms with E-state index in [4.69, 9.17) is 14.2 Å². The molecule has 0 bridgehead atoms. The fraction of sp³-hybridized carbons (Fsp3) is 0.609. The lowest BCUT2D eigenvalue weighted by molar-refractivity contribution is -0.128. The van der Waals surface area contributed by atoms with Crippen LogP contribution >= 0.6 is 0 Å². The predicted molar refractivity (Wildman–Crippen MR) is 118 cm³/mol. The maximum Gasteiger partial charge on any atom is 0.324 e. The van der Waals surface area contributed by atoms with Crippen molar-refractivity contribution in [2.24, 2.45) is 0 Å². The largest absolute Gasteiger partial charge is 0.493 e. The van der Waals surface area contributed by atoms with E-state index in [1.54, 1.807) is 20.3 Å². The molecule has 32 heavy (non-hydrogen) atoms. The van der Waals surface area contributed by atoms with E-state index >= 15 is 0 Å². The summed E-state index contributed by atoms with van der Waals surface area (Å²) in [5.74, 6) is 0.807. The molecule has 2 atom stereocenters. The zero-order chi connectivity index (χ0) is 23.3. The SMILES string of the molecule is COc1ccc(CCN2C(=O)N[C@H](CCC(=O)N[C@@H]3CCOC(C)(C)C3)C2=O)cc1OC. The van der Waals surface area contributed by atoms with Gasteiger partial charge in [-0.25, -0.2) is 4.79 Å². The first kappa shape index (κ1) is 23.8. The van der Waals surface area contributed by atoms with Crippen molar-refractivity contribution in [1.82, 2.24) is 15.5 Å². The van der Waals surface area contributed by atoms with Crippen LogP contribution in [-0.4, -0.2) is 67.8 Å². The molecule has 2 saturated heterocycles. The van der Waals surface area contributed by atoms with Crippen LogP contribution in [0.25, 0.3) is 0 Å². The number of benzene rings is 1. The molecule has 3 rings (SSSR count). The summed E-state index contributed by atoms with van der Waals surface area (Å²) >= 11 is 0. The average molecular weight is 448 g/mol. The first-order valence-corrected chi connectivity index (χ1v) is 11.0. The maximum atomic E-state index is 12.7.